The second-order valence-electron chi connectivity index (χ2n) is 4.74. The predicted molar refractivity (Wildman–Crippen MR) is 86.8 cm³/mol. The number of benzene rings is 2. The van der Waals surface area contributed by atoms with Crippen molar-refractivity contribution < 1.29 is 9.84 Å². The largest absolute Gasteiger partial charge is 0.491 e. The third-order valence-corrected chi connectivity index (χ3v) is 4.36. The van der Waals surface area contributed by atoms with Crippen molar-refractivity contribution in [1.29, 1.82) is 0 Å². The third kappa shape index (κ3) is 3.90. The smallest absolute Gasteiger partial charge is 0.127 e. The highest BCUT2D eigenvalue weighted by molar-refractivity contribution is 7.99. The second kappa shape index (κ2) is 8.18. The fraction of sp³-hybridized carbons (Fsp3) is 0.412. The monoisotopic (exact) mass is 290 g/mol. The summed E-state index contributed by atoms with van der Waals surface area (Å²) < 4.78 is 5.61. The van der Waals surface area contributed by atoms with Gasteiger partial charge < -0.3 is 9.84 Å². The van der Waals surface area contributed by atoms with Gasteiger partial charge in [-0.3, -0.25) is 0 Å². The van der Waals surface area contributed by atoms with Crippen LogP contribution in [0.1, 0.15) is 26.2 Å². The van der Waals surface area contributed by atoms with Crippen molar-refractivity contribution >= 4 is 22.5 Å². The van der Waals surface area contributed by atoms with E-state index in [2.05, 4.69) is 31.2 Å². The summed E-state index contributed by atoms with van der Waals surface area (Å²) >= 11 is 1.92. The molecule has 2 nitrogen and oxygen atoms in total. The third-order valence-electron chi connectivity index (χ3n) is 3.20. The van der Waals surface area contributed by atoms with Gasteiger partial charge in [0, 0.05) is 10.3 Å². The van der Waals surface area contributed by atoms with E-state index in [1.165, 1.54) is 29.5 Å². The van der Waals surface area contributed by atoms with Crippen LogP contribution in [0.2, 0.25) is 0 Å². The number of unbranched alkanes of at least 4 members (excludes halogenated alkanes) is 2. The van der Waals surface area contributed by atoms with Crippen LogP contribution in [0.15, 0.2) is 41.3 Å². The molecule has 0 saturated heterocycles. The van der Waals surface area contributed by atoms with Gasteiger partial charge in [-0.2, -0.15) is 0 Å². The van der Waals surface area contributed by atoms with E-state index in [-0.39, 0.29) is 6.61 Å². The van der Waals surface area contributed by atoms with E-state index in [9.17, 15) is 0 Å². The Bertz CT molecular complexity index is 540. The highest BCUT2D eigenvalue weighted by Crippen LogP contribution is 2.34. The van der Waals surface area contributed by atoms with Crippen LogP contribution in [0, 0.1) is 0 Å². The van der Waals surface area contributed by atoms with Crippen LogP contribution in [0.4, 0.5) is 0 Å². The highest BCUT2D eigenvalue weighted by Gasteiger charge is 2.06. The normalized spacial score (nSPS) is 10.9. The van der Waals surface area contributed by atoms with Crippen molar-refractivity contribution in [3.63, 3.8) is 0 Å². The average molecular weight is 290 g/mol. The molecule has 0 aromatic heterocycles. The Hall–Kier alpha value is -1.19. The van der Waals surface area contributed by atoms with Crippen LogP contribution in [-0.2, 0) is 0 Å². The molecular weight excluding hydrogens is 268 g/mol. The molecule has 2 aromatic carbocycles. The maximum Gasteiger partial charge on any atom is 0.127 e. The fourth-order valence-electron chi connectivity index (χ4n) is 2.19. The number of thioether (sulfide) groups is 1. The number of ether oxygens (including phenoxy) is 1. The molecule has 0 heterocycles. The van der Waals surface area contributed by atoms with E-state index >= 15 is 0 Å². The fourth-order valence-corrected chi connectivity index (χ4v) is 3.25. The summed E-state index contributed by atoms with van der Waals surface area (Å²) in [7, 11) is 0. The minimum absolute atomic E-state index is 0.0435. The number of aliphatic hydroxyl groups is 1. The van der Waals surface area contributed by atoms with Crippen LogP contribution < -0.4 is 4.74 Å². The van der Waals surface area contributed by atoms with Crippen molar-refractivity contribution in [2.75, 3.05) is 19.0 Å². The molecule has 0 bridgehead atoms. The maximum absolute atomic E-state index is 8.89. The Balaban J connectivity index is 2.19. The van der Waals surface area contributed by atoms with Gasteiger partial charge in [0.2, 0.25) is 0 Å². The first-order valence-corrected chi connectivity index (χ1v) is 8.23. The Labute approximate surface area is 125 Å². The van der Waals surface area contributed by atoms with Gasteiger partial charge in [0.25, 0.3) is 0 Å². The van der Waals surface area contributed by atoms with Crippen molar-refractivity contribution in [2.24, 2.45) is 0 Å². The molecule has 1 N–H and O–H groups in total. The van der Waals surface area contributed by atoms with Gasteiger partial charge in [-0.1, -0.05) is 44.0 Å². The summed E-state index contributed by atoms with van der Waals surface area (Å²) in [5.41, 5.74) is 0. The average Bonchev–Trinajstić information content (AvgIpc) is 2.50. The molecule has 0 amide bonds. The number of fused-ring (bicyclic) bond motifs is 1. The SMILES string of the molecule is CCCCCSc1ccc(OCCO)c2ccccc12. The molecule has 2 rings (SSSR count). The first-order valence-electron chi connectivity index (χ1n) is 7.25. The van der Waals surface area contributed by atoms with Crippen molar-refractivity contribution in [3.05, 3.63) is 36.4 Å². The van der Waals surface area contributed by atoms with Crippen molar-refractivity contribution in [3.8, 4) is 5.75 Å². The molecule has 0 radical (unpaired) electrons. The molecule has 20 heavy (non-hydrogen) atoms. The molecular formula is C17H22O2S. The van der Waals surface area contributed by atoms with Gasteiger partial charge in [0.1, 0.15) is 12.4 Å². The van der Waals surface area contributed by atoms with Crippen LogP contribution >= 0.6 is 11.8 Å². The van der Waals surface area contributed by atoms with Gasteiger partial charge in [-0.15, -0.1) is 11.8 Å². The molecule has 108 valence electrons. The number of rotatable bonds is 8. The lowest BCUT2D eigenvalue weighted by atomic mass is 10.1. The van der Waals surface area contributed by atoms with E-state index < -0.39 is 0 Å². The lowest BCUT2D eigenvalue weighted by Crippen LogP contribution is -2.02. The summed E-state index contributed by atoms with van der Waals surface area (Å²) in [5, 5.41) is 11.3. The molecule has 0 spiro atoms. The van der Waals surface area contributed by atoms with E-state index in [1.54, 1.807) is 0 Å². The van der Waals surface area contributed by atoms with Crippen molar-refractivity contribution in [2.45, 2.75) is 31.1 Å². The van der Waals surface area contributed by atoms with Gasteiger partial charge in [0.15, 0.2) is 0 Å². The van der Waals surface area contributed by atoms with Gasteiger partial charge in [-0.05, 0) is 29.7 Å². The van der Waals surface area contributed by atoms with Gasteiger partial charge >= 0.3 is 0 Å². The minimum Gasteiger partial charge on any atom is -0.491 e. The molecule has 0 aliphatic carbocycles. The molecule has 0 aliphatic rings. The lowest BCUT2D eigenvalue weighted by molar-refractivity contribution is 0.203. The molecule has 0 fully saturated rings. The number of hydrogen-bond donors (Lipinski definition) is 1. The number of aliphatic hydroxyl groups excluding tert-OH is 1. The Morgan fingerprint density at radius 1 is 1.05 bits per heavy atom. The maximum atomic E-state index is 8.89. The van der Waals surface area contributed by atoms with Crippen LogP contribution in [0.25, 0.3) is 10.8 Å². The standard InChI is InChI=1S/C17H22O2S/c1-2-3-6-13-20-17-10-9-16(19-12-11-18)14-7-4-5-8-15(14)17/h4-5,7-10,18H,2-3,6,11-13H2,1H3. The molecule has 3 heteroatoms. The van der Waals surface area contributed by atoms with E-state index in [1.807, 2.05) is 23.9 Å². The Morgan fingerprint density at radius 2 is 1.85 bits per heavy atom. The summed E-state index contributed by atoms with van der Waals surface area (Å²) in [6, 6.07) is 12.5. The zero-order valence-corrected chi connectivity index (χ0v) is 12.8. The summed E-state index contributed by atoms with van der Waals surface area (Å²) in [6.45, 7) is 2.61. The van der Waals surface area contributed by atoms with Crippen LogP contribution in [-0.4, -0.2) is 24.1 Å². The minimum atomic E-state index is 0.0435. The van der Waals surface area contributed by atoms with E-state index in [0.717, 1.165) is 16.9 Å². The van der Waals surface area contributed by atoms with Crippen LogP contribution in [0.3, 0.4) is 0 Å². The topological polar surface area (TPSA) is 29.5 Å². The van der Waals surface area contributed by atoms with Crippen molar-refractivity contribution in [1.82, 2.24) is 0 Å². The molecule has 0 atom stereocenters. The zero-order valence-electron chi connectivity index (χ0n) is 12.0. The molecule has 2 aromatic rings. The number of hydrogen-bond acceptors (Lipinski definition) is 3. The lowest BCUT2D eigenvalue weighted by Gasteiger charge is -2.11. The van der Waals surface area contributed by atoms with Gasteiger partial charge in [0.05, 0.1) is 6.61 Å². The first kappa shape index (κ1) is 15.2. The summed E-state index contributed by atoms with van der Waals surface area (Å²) in [5.74, 6) is 2.02. The Kier molecular flexibility index (Phi) is 6.22. The van der Waals surface area contributed by atoms with Crippen LogP contribution in [0.5, 0.6) is 5.75 Å². The summed E-state index contributed by atoms with van der Waals surface area (Å²) in [4.78, 5) is 1.31. The second-order valence-corrected chi connectivity index (χ2v) is 5.87. The molecule has 0 aliphatic heterocycles. The predicted octanol–water partition coefficient (Wildman–Crippen LogP) is 4.49. The Morgan fingerprint density at radius 3 is 2.60 bits per heavy atom. The molecule has 0 unspecified atom stereocenters. The molecule has 0 saturated carbocycles. The summed E-state index contributed by atoms with van der Waals surface area (Å²) in [6.07, 6.45) is 3.82. The van der Waals surface area contributed by atoms with E-state index in [0.29, 0.717) is 6.61 Å². The van der Waals surface area contributed by atoms with E-state index in [4.69, 9.17) is 9.84 Å². The quantitative estimate of drug-likeness (QED) is 0.573. The first-order chi connectivity index (χ1) is 9.86. The van der Waals surface area contributed by atoms with Gasteiger partial charge in [-0.25, -0.2) is 0 Å². The highest BCUT2D eigenvalue weighted by atomic mass is 32.2. The zero-order chi connectivity index (χ0) is 14.2.